The fraction of sp³-hybridized carbons (Fsp3) is 0.250. The lowest BCUT2D eigenvalue weighted by Crippen LogP contribution is -2.22. The fourth-order valence-electron chi connectivity index (χ4n) is 3.22. The van der Waals surface area contributed by atoms with E-state index in [9.17, 15) is 13.2 Å². The van der Waals surface area contributed by atoms with E-state index >= 15 is 0 Å². The summed E-state index contributed by atoms with van der Waals surface area (Å²) in [6.07, 6.45) is 2.70. The molecule has 1 aliphatic rings. The summed E-state index contributed by atoms with van der Waals surface area (Å²) in [5.41, 5.74) is 2.30. The van der Waals surface area contributed by atoms with Gasteiger partial charge in [-0.3, -0.25) is 19.8 Å². The second kappa shape index (κ2) is 8.04. The minimum atomic E-state index is -3.50. The Morgan fingerprint density at radius 3 is 2.69 bits per heavy atom. The van der Waals surface area contributed by atoms with Gasteiger partial charge in [-0.15, -0.1) is 0 Å². The minimum absolute atomic E-state index is 0.0900. The van der Waals surface area contributed by atoms with E-state index in [2.05, 4.69) is 25.0 Å². The van der Waals surface area contributed by atoms with Gasteiger partial charge >= 0.3 is 0 Å². The van der Waals surface area contributed by atoms with Crippen molar-refractivity contribution in [3.8, 4) is 0 Å². The third-order valence-corrected chi connectivity index (χ3v) is 6.04. The maximum Gasteiger partial charge on any atom is 0.263 e. The number of aromatic amines is 1. The molecule has 0 bridgehead atoms. The number of carbonyl (C=O) groups excluding carboxylic acids is 1. The molecule has 2 heterocycles. The van der Waals surface area contributed by atoms with Gasteiger partial charge in [-0.1, -0.05) is 30.7 Å². The van der Waals surface area contributed by atoms with Crippen LogP contribution in [0.5, 0.6) is 0 Å². The lowest BCUT2D eigenvalue weighted by Gasteiger charge is -2.02. The molecule has 0 radical (unpaired) electrons. The van der Waals surface area contributed by atoms with E-state index in [1.807, 2.05) is 24.3 Å². The summed E-state index contributed by atoms with van der Waals surface area (Å²) in [4.78, 5) is 24.1. The van der Waals surface area contributed by atoms with E-state index in [1.54, 1.807) is 24.3 Å². The second-order valence-corrected chi connectivity index (χ2v) is 8.44. The molecule has 1 aliphatic heterocycles. The third kappa shape index (κ3) is 4.29. The van der Waals surface area contributed by atoms with Crippen LogP contribution >= 0.6 is 0 Å². The van der Waals surface area contributed by atoms with Gasteiger partial charge in [-0.2, -0.15) is 0 Å². The summed E-state index contributed by atoms with van der Waals surface area (Å²) in [5.74, 6) is 0.755. The van der Waals surface area contributed by atoms with Gasteiger partial charge in [-0.05, 0) is 37.1 Å². The molecular formula is C20H21N5O3S. The van der Waals surface area contributed by atoms with Crippen LogP contribution in [0.2, 0.25) is 0 Å². The van der Waals surface area contributed by atoms with Crippen LogP contribution in [0.4, 0.5) is 5.95 Å². The number of aliphatic imine (C=N–C) groups is 1. The van der Waals surface area contributed by atoms with Gasteiger partial charge in [0.05, 0.1) is 15.9 Å². The molecule has 3 aromatic rings. The van der Waals surface area contributed by atoms with Crippen LogP contribution in [-0.2, 0) is 14.8 Å². The Labute approximate surface area is 168 Å². The number of benzene rings is 2. The Bertz CT molecular complexity index is 1150. The van der Waals surface area contributed by atoms with Crippen LogP contribution in [-0.4, -0.2) is 36.7 Å². The average Bonchev–Trinajstić information content (AvgIpc) is 3.22. The predicted octanol–water partition coefficient (Wildman–Crippen LogP) is 2.80. The first-order valence-electron chi connectivity index (χ1n) is 9.44. The molecule has 3 N–H and O–H groups in total. The number of amides is 1. The lowest BCUT2D eigenvalue weighted by molar-refractivity contribution is -0.116. The van der Waals surface area contributed by atoms with Gasteiger partial charge in [0.1, 0.15) is 5.84 Å². The number of nitrogens with zero attached hydrogens (tertiary/aromatic N) is 2. The Morgan fingerprint density at radius 2 is 1.83 bits per heavy atom. The van der Waals surface area contributed by atoms with E-state index in [4.69, 9.17) is 0 Å². The number of fused-ring (bicyclic) bond motifs is 2. The highest BCUT2D eigenvalue weighted by Crippen LogP contribution is 2.22. The number of imidazole rings is 1. The first-order valence-corrected chi connectivity index (χ1v) is 10.9. The molecule has 1 amide bonds. The number of carbonyl (C=O) groups is 1. The van der Waals surface area contributed by atoms with Gasteiger partial charge in [-0.25, -0.2) is 13.4 Å². The SMILES string of the molecule is O=C(CCCCCN=C1NS(=O)(=O)c2ccccc21)Nc1nc2ccccc2[nH]1. The van der Waals surface area contributed by atoms with Crippen LogP contribution in [0.25, 0.3) is 11.0 Å². The zero-order valence-electron chi connectivity index (χ0n) is 15.7. The van der Waals surface area contributed by atoms with E-state index in [-0.39, 0.29) is 10.8 Å². The molecule has 0 saturated heterocycles. The minimum Gasteiger partial charge on any atom is -0.324 e. The number of H-pyrrole nitrogens is 1. The van der Waals surface area contributed by atoms with Crippen LogP contribution < -0.4 is 10.0 Å². The standard InChI is InChI=1S/C20H21N5O3S/c26-18(24-20-22-15-9-4-5-10-16(15)23-20)12-2-1-7-13-21-19-14-8-3-6-11-17(14)29(27,28)25-19/h3-6,8-11H,1-2,7,12-13H2,(H,21,25)(H2,22,23,24,26). The number of sulfonamides is 1. The van der Waals surface area contributed by atoms with Gasteiger partial charge in [0.25, 0.3) is 10.0 Å². The molecule has 0 fully saturated rings. The van der Waals surface area contributed by atoms with Gasteiger partial charge in [0, 0.05) is 18.5 Å². The largest absolute Gasteiger partial charge is 0.324 e. The average molecular weight is 411 g/mol. The maximum absolute atomic E-state index is 12.1. The zero-order valence-corrected chi connectivity index (χ0v) is 16.5. The van der Waals surface area contributed by atoms with Crippen LogP contribution in [0.15, 0.2) is 58.4 Å². The van der Waals surface area contributed by atoms with Crippen molar-refractivity contribution in [3.63, 3.8) is 0 Å². The molecular weight excluding hydrogens is 390 g/mol. The van der Waals surface area contributed by atoms with Crippen molar-refractivity contribution in [1.82, 2.24) is 14.7 Å². The van der Waals surface area contributed by atoms with Gasteiger partial charge < -0.3 is 4.98 Å². The molecule has 0 atom stereocenters. The Morgan fingerprint density at radius 1 is 1.03 bits per heavy atom. The topological polar surface area (TPSA) is 116 Å². The summed E-state index contributed by atoms with van der Waals surface area (Å²) in [6, 6.07) is 14.4. The monoisotopic (exact) mass is 411 g/mol. The normalized spacial score (nSPS) is 15.9. The van der Waals surface area contributed by atoms with Crippen LogP contribution in [0.3, 0.4) is 0 Å². The number of hydrogen-bond acceptors (Lipinski definition) is 5. The second-order valence-electron chi connectivity index (χ2n) is 6.79. The highest BCUT2D eigenvalue weighted by atomic mass is 32.2. The number of hydrogen-bond donors (Lipinski definition) is 3. The van der Waals surface area contributed by atoms with Gasteiger partial charge in [0.2, 0.25) is 11.9 Å². The predicted molar refractivity (Wildman–Crippen MR) is 111 cm³/mol. The molecule has 150 valence electrons. The number of rotatable bonds is 7. The Kier molecular flexibility index (Phi) is 5.30. The van der Waals surface area contributed by atoms with Crippen molar-refractivity contribution in [2.24, 2.45) is 4.99 Å². The molecule has 0 spiro atoms. The third-order valence-electron chi connectivity index (χ3n) is 4.64. The summed E-state index contributed by atoms with van der Waals surface area (Å²) in [7, 11) is -3.50. The quantitative estimate of drug-likeness (QED) is 0.518. The smallest absolute Gasteiger partial charge is 0.263 e. The number of amidine groups is 1. The highest BCUT2D eigenvalue weighted by Gasteiger charge is 2.29. The molecule has 2 aromatic carbocycles. The molecule has 8 nitrogen and oxygen atoms in total. The Balaban J connectivity index is 1.21. The number of unbranched alkanes of at least 4 members (excludes halogenated alkanes) is 2. The number of para-hydroxylation sites is 2. The van der Waals surface area contributed by atoms with Crippen molar-refractivity contribution in [1.29, 1.82) is 0 Å². The van der Waals surface area contributed by atoms with Crippen molar-refractivity contribution in [2.75, 3.05) is 11.9 Å². The maximum atomic E-state index is 12.1. The van der Waals surface area contributed by atoms with E-state index in [0.717, 1.165) is 30.3 Å². The van der Waals surface area contributed by atoms with E-state index < -0.39 is 10.0 Å². The highest BCUT2D eigenvalue weighted by molar-refractivity contribution is 7.90. The van der Waals surface area contributed by atoms with Crippen molar-refractivity contribution in [2.45, 2.75) is 30.6 Å². The molecule has 9 heteroatoms. The zero-order chi connectivity index (χ0) is 20.3. The van der Waals surface area contributed by atoms with E-state index in [1.165, 1.54) is 0 Å². The fourth-order valence-corrected chi connectivity index (χ4v) is 4.47. The summed E-state index contributed by atoms with van der Waals surface area (Å²) in [5, 5.41) is 2.78. The van der Waals surface area contributed by atoms with Crippen LogP contribution in [0.1, 0.15) is 31.2 Å². The molecule has 1 aromatic heterocycles. The Hall–Kier alpha value is -3.20. The summed E-state index contributed by atoms with van der Waals surface area (Å²) >= 11 is 0. The number of nitrogens with one attached hydrogen (secondary N) is 3. The van der Waals surface area contributed by atoms with Gasteiger partial charge in [0.15, 0.2) is 0 Å². The summed E-state index contributed by atoms with van der Waals surface area (Å²) in [6.45, 7) is 0.497. The number of anilines is 1. The lowest BCUT2D eigenvalue weighted by atomic mass is 10.2. The first-order chi connectivity index (χ1) is 14.0. The van der Waals surface area contributed by atoms with Crippen molar-refractivity contribution < 1.29 is 13.2 Å². The molecule has 4 rings (SSSR count). The number of aromatic nitrogens is 2. The molecule has 0 aliphatic carbocycles. The summed E-state index contributed by atoms with van der Waals surface area (Å²) < 4.78 is 26.6. The van der Waals surface area contributed by atoms with Crippen LogP contribution in [0, 0.1) is 0 Å². The molecule has 0 unspecified atom stereocenters. The first kappa shape index (κ1) is 19.1. The van der Waals surface area contributed by atoms with E-state index in [0.29, 0.717) is 30.3 Å². The molecule has 29 heavy (non-hydrogen) atoms. The molecule has 0 saturated carbocycles. The van der Waals surface area contributed by atoms with Crippen molar-refractivity contribution in [3.05, 3.63) is 54.1 Å². The van der Waals surface area contributed by atoms with Crippen molar-refractivity contribution >= 4 is 38.7 Å².